The van der Waals surface area contributed by atoms with Gasteiger partial charge in [-0.25, -0.2) is 13.1 Å². The van der Waals surface area contributed by atoms with Gasteiger partial charge < -0.3 is 11.1 Å². The molecule has 0 unspecified atom stereocenters. The average Bonchev–Trinajstić information content (AvgIpc) is 2.50. The van der Waals surface area contributed by atoms with Crippen LogP contribution in [-0.2, 0) is 14.8 Å². The largest absolute Gasteiger partial charge is 0.353 e. The molecule has 1 amide bonds. The molecule has 0 spiro atoms. The SMILES string of the molecule is CC(C)C[C@H](N)C(=O)NCCNS(=O)(=O)c1cccc([N+](=O)[O-])c1. The third-order valence-electron chi connectivity index (χ3n) is 3.12. The predicted octanol–water partition coefficient (Wildman–Crippen LogP) is 0.363. The molecule has 0 bridgehead atoms. The molecule has 1 aromatic rings. The Morgan fingerprint density at radius 2 is 2.00 bits per heavy atom. The number of nitrogens with one attached hydrogen (secondary N) is 2. The Hall–Kier alpha value is -2.04. The highest BCUT2D eigenvalue weighted by molar-refractivity contribution is 7.89. The minimum Gasteiger partial charge on any atom is -0.353 e. The normalized spacial score (nSPS) is 12.8. The first-order valence-electron chi connectivity index (χ1n) is 7.41. The summed E-state index contributed by atoms with van der Waals surface area (Å²) in [5, 5.41) is 13.2. The van der Waals surface area contributed by atoms with Crippen LogP contribution in [0.15, 0.2) is 29.2 Å². The zero-order chi connectivity index (χ0) is 18.3. The second kappa shape index (κ2) is 8.71. The van der Waals surface area contributed by atoms with Gasteiger partial charge in [0.05, 0.1) is 15.9 Å². The number of carbonyl (C=O) groups excluding carboxylic acids is 1. The molecule has 1 atom stereocenters. The molecule has 0 radical (unpaired) electrons. The third-order valence-corrected chi connectivity index (χ3v) is 4.58. The lowest BCUT2D eigenvalue weighted by Crippen LogP contribution is -2.44. The number of nitrogens with two attached hydrogens (primary N) is 1. The molecule has 9 nitrogen and oxygen atoms in total. The quantitative estimate of drug-likeness (QED) is 0.330. The van der Waals surface area contributed by atoms with E-state index in [1.54, 1.807) is 0 Å². The molecule has 1 rings (SSSR count). The lowest BCUT2D eigenvalue weighted by Gasteiger charge is -2.14. The Labute approximate surface area is 140 Å². The summed E-state index contributed by atoms with van der Waals surface area (Å²) >= 11 is 0. The molecule has 0 saturated heterocycles. The number of sulfonamides is 1. The van der Waals surface area contributed by atoms with Crippen LogP contribution >= 0.6 is 0 Å². The highest BCUT2D eigenvalue weighted by Crippen LogP contribution is 2.16. The first-order valence-corrected chi connectivity index (χ1v) is 8.89. The van der Waals surface area contributed by atoms with E-state index in [0.717, 1.165) is 6.07 Å². The van der Waals surface area contributed by atoms with Gasteiger partial charge in [-0.2, -0.15) is 0 Å². The van der Waals surface area contributed by atoms with Crippen LogP contribution in [0.1, 0.15) is 20.3 Å². The van der Waals surface area contributed by atoms with E-state index >= 15 is 0 Å². The number of hydrogen-bond donors (Lipinski definition) is 3. The lowest BCUT2D eigenvalue weighted by molar-refractivity contribution is -0.385. The highest BCUT2D eigenvalue weighted by atomic mass is 32.2. The zero-order valence-electron chi connectivity index (χ0n) is 13.6. The molecule has 134 valence electrons. The van der Waals surface area contributed by atoms with E-state index in [1.807, 2.05) is 13.8 Å². The fourth-order valence-electron chi connectivity index (χ4n) is 1.96. The maximum Gasteiger partial charge on any atom is 0.270 e. The highest BCUT2D eigenvalue weighted by Gasteiger charge is 2.18. The van der Waals surface area contributed by atoms with Crippen molar-refractivity contribution in [3.63, 3.8) is 0 Å². The third kappa shape index (κ3) is 6.22. The molecule has 10 heteroatoms. The summed E-state index contributed by atoms with van der Waals surface area (Å²) in [4.78, 5) is 21.5. The van der Waals surface area contributed by atoms with E-state index < -0.39 is 21.0 Å². The van der Waals surface area contributed by atoms with Crippen molar-refractivity contribution in [1.29, 1.82) is 0 Å². The molecule has 0 aliphatic carbocycles. The Morgan fingerprint density at radius 1 is 1.33 bits per heavy atom. The predicted molar refractivity (Wildman–Crippen MR) is 88.7 cm³/mol. The van der Waals surface area contributed by atoms with Crippen molar-refractivity contribution in [1.82, 2.24) is 10.0 Å². The Morgan fingerprint density at radius 3 is 2.58 bits per heavy atom. The van der Waals surface area contributed by atoms with Crippen LogP contribution in [0.3, 0.4) is 0 Å². The molecule has 0 aliphatic rings. The van der Waals surface area contributed by atoms with Gasteiger partial charge in [0.2, 0.25) is 15.9 Å². The van der Waals surface area contributed by atoms with Gasteiger partial charge in [0.15, 0.2) is 0 Å². The fourth-order valence-corrected chi connectivity index (χ4v) is 3.04. The van der Waals surface area contributed by atoms with E-state index in [-0.39, 0.29) is 35.5 Å². The van der Waals surface area contributed by atoms with E-state index in [0.29, 0.717) is 6.42 Å². The summed E-state index contributed by atoms with van der Waals surface area (Å²) < 4.78 is 26.4. The Bertz CT molecular complexity index is 690. The molecule has 0 heterocycles. The van der Waals surface area contributed by atoms with Gasteiger partial charge in [0, 0.05) is 25.2 Å². The van der Waals surface area contributed by atoms with Crippen LogP contribution < -0.4 is 15.8 Å². The van der Waals surface area contributed by atoms with Crippen molar-refractivity contribution in [2.75, 3.05) is 13.1 Å². The molecular weight excluding hydrogens is 336 g/mol. The van der Waals surface area contributed by atoms with Crippen molar-refractivity contribution in [3.8, 4) is 0 Å². The monoisotopic (exact) mass is 358 g/mol. The van der Waals surface area contributed by atoms with Gasteiger partial charge in [-0.1, -0.05) is 19.9 Å². The number of rotatable bonds is 9. The molecule has 0 aromatic heterocycles. The van der Waals surface area contributed by atoms with Crippen molar-refractivity contribution in [2.45, 2.75) is 31.2 Å². The molecule has 4 N–H and O–H groups in total. The molecular formula is C14H22N4O5S. The number of carbonyl (C=O) groups is 1. The second-order valence-corrected chi connectivity index (χ2v) is 7.45. The summed E-state index contributed by atoms with van der Waals surface area (Å²) in [6.45, 7) is 3.91. The van der Waals surface area contributed by atoms with Gasteiger partial charge in [-0.15, -0.1) is 0 Å². The summed E-state index contributed by atoms with van der Waals surface area (Å²) in [7, 11) is -3.89. The first-order chi connectivity index (χ1) is 11.1. The van der Waals surface area contributed by atoms with Gasteiger partial charge in [0.1, 0.15) is 0 Å². The maximum atomic E-state index is 12.1. The summed E-state index contributed by atoms with van der Waals surface area (Å²) in [5.74, 6) is -0.0728. The van der Waals surface area contributed by atoms with Crippen molar-refractivity contribution in [3.05, 3.63) is 34.4 Å². The number of benzene rings is 1. The molecule has 0 fully saturated rings. The van der Waals surface area contributed by atoms with Crippen LogP contribution in [0, 0.1) is 16.0 Å². The van der Waals surface area contributed by atoms with Crippen LogP contribution in [0.2, 0.25) is 0 Å². The number of amides is 1. The van der Waals surface area contributed by atoms with Gasteiger partial charge >= 0.3 is 0 Å². The van der Waals surface area contributed by atoms with Gasteiger partial charge in [-0.05, 0) is 18.4 Å². The zero-order valence-corrected chi connectivity index (χ0v) is 14.4. The van der Waals surface area contributed by atoms with Crippen molar-refractivity contribution >= 4 is 21.6 Å². The van der Waals surface area contributed by atoms with E-state index in [1.165, 1.54) is 18.2 Å². The van der Waals surface area contributed by atoms with Crippen LogP contribution in [-0.4, -0.2) is 38.4 Å². The first kappa shape index (κ1) is 20.0. The molecule has 0 saturated carbocycles. The smallest absolute Gasteiger partial charge is 0.270 e. The lowest BCUT2D eigenvalue weighted by atomic mass is 10.0. The van der Waals surface area contributed by atoms with E-state index in [4.69, 9.17) is 5.73 Å². The minimum atomic E-state index is -3.89. The maximum absolute atomic E-state index is 12.1. The van der Waals surface area contributed by atoms with Gasteiger partial charge in [0.25, 0.3) is 5.69 Å². The van der Waals surface area contributed by atoms with Crippen LogP contribution in [0.5, 0.6) is 0 Å². The Kier molecular flexibility index (Phi) is 7.26. The molecule has 24 heavy (non-hydrogen) atoms. The topological polar surface area (TPSA) is 144 Å². The summed E-state index contributed by atoms with van der Waals surface area (Å²) in [6, 6.07) is 4.08. The van der Waals surface area contributed by atoms with Crippen LogP contribution in [0.25, 0.3) is 0 Å². The van der Waals surface area contributed by atoms with Crippen LogP contribution in [0.4, 0.5) is 5.69 Å². The van der Waals surface area contributed by atoms with E-state index in [9.17, 15) is 23.3 Å². The average molecular weight is 358 g/mol. The standard InChI is InChI=1S/C14H22N4O5S/c1-10(2)8-13(15)14(19)16-6-7-17-24(22,23)12-5-3-4-11(9-12)18(20)21/h3-5,9-10,13,17H,6-8,15H2,1-2H3,(H,16,19)/t13-/m0/s1. The van der Waals surface area contributed by atoms with Crippen molar-refractivity contribution in [2.24, 2.45) is 11.7 Å². The summed E-state index contributed by atoms with van der Waals surface area (Å²) in [5.41, 5.74) is 5.39. The fraction of sp³-hybridized carbons (Fsp3) is 0.500. The Balaban J connectivity index is 2.53. The van der Waals surface area contributed by atoms with Crippen molar-refractivity contribution < 1.29 is 18.1 Å². The number of nitrogens with zero attached hydrogens (tertiary/aromatic N) is 1. The number of nitro benzene ring substituents is 1. The van der Waals surface area contributed by atoms with E-state index in [2.05, 4.69) is 10.0 Å². The number of nitro groups is 1. The minimum absolute atomic E-state index is 0.0504. The molecule has 1 aromatic carbocycles. The molecule has 0 aliphatic heterocycles. The number of hydrogen-bond acceptors (Lipinski definition) is 6. The number of non-ortho nitro benzene ring substituents is 1. The summed E-state index contributed by atoms with van der Waals surface area (Å²) in [6.07, 6.45) is 0.533. The second-order valence-electron chi connectivity index (χ2n) is 5.68. The van der Waals surface area contributed by atoms with Gasteiger partial charge in [-0.3, -0.25) is 14.9 Å².